The number of unbranched alkanes of at least 4 members (excludes halogenated alkanes) is 1. The lowest BCUT2D eigenvalue weighted by Gasteiger charge is -2.07. The molecule has 1 heterocycles. The molecule has 96 valence electrons. The monoisotopic (exact) mass is 239 g/mol. The maximum atomic E-state index is 5.53. The Hall–Kier alpha value is -1.20. The van der Waals surface area contributed by atoms with E-state index < -0.39 is 0 Å². The Morgan fingerprint density at radius 1 is 1.29 bits per heavy atom. The average Bonchev–Trinajstić information content (AvgIpc) is 2.34. The summed E-state index contributed by atoms with van der Waals surface area (Å²) in [5.74, 6) is 0. The molecule has 1 aromatic heterocycles. The van der Waals surface area contributed by atoms with E-state index in [4.69, 9.17) is 15.2 Å². The highest BCUT2D eigenvalue weighted by atomic mass is 16.5. The van der Waals surface area contributed by atoms with Crippen molar-refractivity contribution in [2.45, 2.75) is 33.2 Å². The second-order valence-corrected chi connectivity index (χ2v) is 3.78. The summed E-state index contributed by atoms with van der Waals surface area (Å²) in [6.45, 7) is 6.31. The van der Waals surface area contributed by atoms with Crippen molar-refractivity contribution in [2.24, 2.45) is 5.73 Å². The van der Waals surface area contributed by atoms with Gasteiger partial charge in [0.05, 0.1) is 6.61 Å². The van der Waals surface area contributed by atoms with Gasteiger partial charge in [-0.1, -0.05) is 13.3 Å². The Balaban J connectivity index is 2.25. The van der Waals surface area contributed by atoms with Crippen LogP contribution in [0.1, 0.15) is 31.0 Å². The first-order valence-electron chi connectivity index (χ1n) is 6.01. The van der Waals surface area contributed by atoms with Crippen LogP contribution in [-0.2, 0) is 11.3 Å². The Bertz CT molecular complexity index is 332. The summed E-state index contributed by atoms with van der Waals surface area (Å²) in [6, 6.07) is 0.388. The first-order chi connectivity index (χ1) is 8.27. The summed E-state index contributed by atoms with van der Waals surface area (Å²) in [6.07, 6.45) is 3.93. The van der Waals surface area contributed by atoms with Gasteiger partial charge in [-0.3, -0.25) is 0 Å². The zero-order chi connectivity index (χ0) is 12.5. The number of rotatable bonds is 8. The van der Waals surface area contributed by atoms with E-state index in [9.17, 15) is 0 Å². The van der Waals surface area contributed by atoms with Crippen molar-refractivity contribution < 1.29 is 9.47 Å². The van der Waals surface area contributed by atoms with Crippen LogP contribution in [0.25, 0.3) is 0 Å². The van der Waals surface area contributed by atoms with Crippen molar-refractivity contribution in [2.75, 3.05) is 19.8 Å². The molecule has 2 N–H and O–H groups in total. The lowest BCUT2D eigenvalue weighted by atomic mass is 10.2. The highest BCUT2D eigenvalue weighted by Gasteiger charge is 2.02. The van der Waals surface area contributed by atoms with E-state index in [2.05, 4.69) is 16.9 Å². The Labute approximate surface area is 102 Å². The van der Waals surface area contributed by atoms with Gasteiger partial charge in [-0.25, -0.2) is 9.97 Å². The largest absolute Gasteiger partial charge is 0.461 e. The molecule has 0 fully saturated rings. The summed E-state index contributed by atoms with van der Waals surface area (Å²) in [4.78, 5) is 8.28. The van der Waals surface area contributed by atoms with E-state index in [1.807, 2.05) is 6.92 Å². The van der Waals surface area contributed by atoms with Gasteiger partial charge >= 0.3 is 6.01 Å². The van der Waals surface area contributed by atoms with Crippen LogP contribution in [0.4, 0.5) is 0 Å². The summed E-state index contributed by atoms with van der Waals surface area (Å²) in [5.41, 5.74) is 7.33. The predicted octanol–water partition coefficient (Wildman–Crippen LogP) is 1.44. The Morgan fingerprint density at radius 2 is 2.12 bits per heavy atom. The third-order valence-corrected chi connectivity index (χ3v) is 2.38. The molecule has 0 aliphatic heterocycles. The average molecular weight is 239 g/mol. The normalized spacial score (nSPS) is 10.5. The number of hydrogen-bond acceptors (Lipinski definition) is 5. The molecule has 0 saturated carbocycles. The van der Waals surface area contributed by atoms with Crippen molar-refractivity contribution >= 4 is 0 Å². The molecule has 17 heavy (non-hydrogen) atoms. The van der Waals surface area contributed by atoms with E-state index >= 15 is 0 Å². The minimum atomic E-state index is 0.388. The lowest BCUT2D eigenvalue weighted by molar-refractivity contribution is 0.0947. The van der Waals surface area contributed by atoms with Crippen LogP contribution in [0, 0.1) is 6.92 Å². The zero-order valence-electron chi connectivity index (χ0n) is 10.6. The third-order valence-electron chi connectivity index (χ3n) is 2.38. The summed E-state index contributed by atoms with van der Waals surface area (Å²) in [7, 11) is 0. The van der Waals surface area contributed by atoms with Crippen LogP contribution in [0.5, 0.6) is 6.01 Å². The van der Waals surface area contributed by atoms with Crippen LogP contribution in [-0.4, -0.2) is 29.8 Å². The van der Waals surface area contributed by atoms with Gasteiger partial charge in [0.1, 0.15) is 6.61 Å². The zero-order valence-corrected chi connectivity index (χ0v) is 10.6. The molecule has 0 unspecified atom stereocenters. The smallest absolute Gasteiger partial charge is 0.316 e. The van der Waals surface area contributed by atoms with Crippen molar-refractivity contribution in [3.63, 3.8) is 0 Å². The summed E-state index contributed by atoms with van der Waals surface area (Å²) < 4.78 is 10.7. The third kappa shape index (κ3) is 5.10. The fourth-order valence-corrected chi connectivity index (χ4v) is 1.28. The van der Waals surface area contributed by atoms with Gasteiger partial charge < -0.3 is 15.2 Å². The van der Waals surface area contributed by atoms with E-state index in [0.717, 1.165) is 30.7 Å². The molecule has 0 spiro atoms. The Morgan fingerprint density at radius 3 is 2.76 bits per heavy atom. The molecule has 0 aliphatic carbocycles. The molecule has 0 radical (unpaired) electrons. The van der Waals surface area contributed by atoms with Gasteiger partial charge in [0.2, 0.25) is 0 Å². The number of ether oxygens (including phenoxy) is 2. The molecular formula is C12H21N3O2. The molecule has 5 heteroatoms. The van der Waals surface area contributed by atoms with Crippen LogP contribution < -0.4 is 10.5 Å². The standard InChI is InChI=1S/C12H21N3O2/c1-3-4-5-16-6-7-17-12-14-9-11(8-13)10(2)15-12/h9H,3-8,13H2,1-2H3. The van der Waals surface area contributed by atoms with E-state index in [-0.39, 0.29) is 0 Å². The quantitative estimate of drug-likeness (QED) is 0.695. The number of nitrogens with zero attached hydrogens (tertiary/aromatic N) is 2. The van der Waals surface area contributed by atoms with Gasteiger partial charge in [-0.2, -0.15) is 0 Å². The first-order valence-corrected chi connectivity index (χ1v) is 6.01. The maximum absolute atomic E-state index is 5.53. The summed E-state index contributed by atoms with van der Waals surface area (Å²) in [5, 5.41) is 0. The molecule has 0 bridgehead atoms. The molecule has 5 nitrogen and oxygen atoms in total. The van der Waals surface area contributed by atoms with Crippen molar-refractivity contribution in [3.8, 4) is 6.01 Å². The molecule has 0 aliphatic rings. The van der Waals surface area contributed by atoms with Crippen molar-refractivity contribution in [1.82, 2.24) is 9.97 Å². The second kappa shape index (κ2) is 7.97. The number of aromatic nitrogens is 2. The van der Waals surface area contributed by atoms with Gasteiger partial charge in [0.15, 0.2) is 0 Å². The molecular weight excluding hydrogens is 218 g/mol. The molecule has 0 aromatic carbocycles. The fraction of sp³-hybridized carbons (Fsp3) is 0.667. The Kier molecular flexibility index (Phi) is 6.50. The predicted molar refractivity (Wildman–Crippen MR) is 65.9 cm³/mol. The topological polar surface area (TPSA) is 70.3 Å². The SMILES string of the molecule is CCCCOCCOc1ncc(CN)c(C)n1. The van der Waals surface area contributed by atoms with E-state index in [1.165, 1.54) is 0 Å². The van der Waals surface area contributed by atoms with E-state index in [1.54, 1.807) is 6.20 Å². The molecule has 0 amide bonds. The van der Waals surface area contributed by atoms with Gasteiger partial charge in [-0.15, -0.1) is 0 Å². The molecule has 1 rings (SSSR count). The van der Waals surface area contributed by atoms with Crippen LogP contribution >= 0.6 is 0 Å². The second-order valence-electron chi connectivity index (χ2n) is 3.78. The van der Waals surface area contributed by atoms with Gasteiger partial charge in [0.25, 0.3) is 0 Å². The minimum absolute atomic E-state index is 0.388. The first kappa shape index (κ1) is 13.9. The highest BCUT2D eigenvalue weighted by molar-refractivity contribution is 5.17. The van der Waals surface area contributed by atoms with Crippen LogP contribution in [0.2, 0.25) is 0 Å². The highest BCUT2D eigenvalue weighted by Crippen LogP contribution is 2.07. The molecule has 0 saturated heterocycles. The van der Waals surface area contributed by atoms with Crippen LogP contribution in [0.15, 0.2) is 6.20 Å². The lowest BCUT2D eigenvalue weighted by Crippen LogP contribution is -2.10. The van der Waals surface area contributed by atoms with E-state index in [0.29, 0.717) is 25.8 Å². The summed E-state index contributed by atoms with van der Waals surface area (Å²) >= 11 is 0. The van der Waals surface area contributed by atoms with Gasteiger partial charge in [-0.05, 0) is 13.3 Å². The fourth-order valence-electron chi connectivity index (χ4n) is 1.28. The molecule has 1 aromatic rings. The molecule has 0 atom stereocenters. The number of aryl methyl sites for hydroxylation is 1. The minimum Gasteiger partial charge on any atom is -0.461 e. The van der Waals surface area contributed by atoms with Crippen molar-refractivity contribution in [1.29, 1.82) is 0 Å². The van der Waals surface area contributed by atoms with Crippen LogP contribution in [0.3, 0.4) is 0 Å². The van der Waals surface area contributed by atoms with Crippen molar-refractivity contribution in [3.05, 3.63) is 17.5 Å². The number of hydrogen-bond donors (Lipinski definition) is 1. The maximum Gasteiger partial charge on any atom is 0.316 e. The number of nitrogens with two attached hydrogens (primary N) is 1. The van der Waals surface area contributed by atoms with Gasteiger partial charge in [0, 0.05) is 30.6 Å².